The van der Waals surface area contributed by atoms with E-state index in [9.17, 15) is 10.2 Å². The molecule has 0 saturated carbocycles. The minimum absolute atomic E-state index is 0.0404. The number of rotatable bonds is 7. The van der Waals surface area contributed by atoms with Gasteiger partial charge in [-0.15, -0.1) is 0 Å². The maximum absolute atomic E-state index is 11.6. The molecule has 4 rings (SSSR count). The van der Waals surface area contributed by atoms with E-state index in [1.807, 2.05) is 0 Å². The molecule has 0 aromatic heterocycles. The third-order valence-electron chi connectivity index (χ3n) is 11.8. The maximum Gasteiger partial charge on any atom is 0.123 e. The van der Waals surface area contributed by atoms with Crippen molar-refractivity contribution in [1.29, 1.82) is 0 Å². The zero-order valence-corrected chi connectivity index (χ0v) is 37.8. The Bertz CT molecular complexity index is 1950. The molecule has 4 aromatic carbocycles. The van der Waals surface area contributed by atoms with Gasteiger partial charge in [-0.05, 0) is 157 Å². The lowest BCUT2D eigenvalue weighted by Crippen LogP contribution is -2.18. The van der Waals surface area contributed by atoms with Crippen molar-refractivity contribution >= 4 is 0 Å². The van der Waals surface area contributed by atoms with Crippen molar-refractivity contribution in [3.8, 4) is 11.5 Å². The third kappa shape index (κ3) is 9.29. The first kappa shape index (κ1) is 43.2. The van der Waals surface area contributed by atoms with Gasteiger partial charge >= 0.3 is 0 Å². The summed E-state index contributed by atoms with van der Waals surface area (Å²) in [4.78, 5) is 0. The Kier molecular flexibility index (Phi) is 11.9. The number of phenolic OH excluding ortho intramolecular Hbond substituents is 2. The summed E-state index contributed by atoms with van der Waals surface area (Å²) in [7, 11) is 0. The van der Waals surface area contributed by atoms with Crippen LogP contribution in [0.5, 0.6) is 11.5 Å². The molecule has 4 aromatic rings. The molecule has 0 atom stereocenters. The summed E-state index contributed by atoms with van der Waals surface area (Å²) in [6.45, 7) is 42.8. The van der Waals surface area contributed by atoms with Gasteiger partial charge in [0.15, 0.2) is 0 Å². The molecule has 2 nitrogen and oxygen atoms in total. The molecule has 0 heterocycles. The molecule has 0 fully saturated rings. The molecule has 0 amide bonds. The molecule has 54 heavy (non-hydrogen) atoms. The number of hydrogen-bond donors (Lipinski definition) is 2. The Morgan fingerprint density at radius 1 is 0.389 bits per heavy atom. The summed E-state index contributed by atoms with van der Waals surface area (Å²) in [5, 5.41) is 22.9. The largest absolute Gasteiger partial charge is 0.507 e. The van der Waals surface area contributed by atoms with Crippen molar-refractivity contribution in [1.82, 2.24) is 0 Å². The summed E-state index contributed by atoms with van der Waals surface area (Å²) >= 11 is 0. The third-order valence-corrected chi connectivity index (χ3v) is 11.8. The van der Waals surface area contributed by atoms with Gasteiger partial charge < -0.3 is 10.2 Å². The Morgan fingerprint density at radius 3 is 0.981 bits per heavy atom. The van der Waals surface area contributed by atoms with Gasteiger partial charge in [0, 0.05) is 0 Å². The first-order valence-corrected chi connectivity index (χ1v) is 20.4. The Balaban J connectivity index is 2.05. The molecular formula is C52H74O2. The van der Waals surface area contributed by atoms with Crippen molar-refractivity contribution < 1.29 is 10.2 Å². The molecule has 0 aliphatic heterocycles. The van der Waals surface area contributed by atoms with E-state index in [1.54, 1.807) is 0 Å². The van der Waals surface area contributed by atoms with E-state index >= 15 is 0 Å². The van der Waals surface area contributed by atoms with E-state index in [0.717, 1.165) is 47.9 Å². The number of benzene rings is 4. The molecular weight excluding hydrogens is 657 g/mol. The lowest BCUT2D eigenvalue weighted by atomic mass is 9.76. The fourth-order valence-corrected chi connectivity index (χ4v) is 8.10. The van der Waals surface area contributed by atoms with E-state index < -0.39 is 0 Å². The minimum Gasteiger partial charge on any atom is -0.507 e. The highest BCUT2D eigenvalue weighted by Crippen LogP contribution is 2.42. The summed E-state index contributed by atoms with van der Waals surface area (Å²) in [6.07, 6.45) is 3.25. The van der Waals surface area contributed by atoms with E-state index in [1.165, 1.54) is 61.2 Å². The van der Waals surface area contributed by atoms with Crippen LogP contribution in [0.1, 0.15) is 194 Å². The van der Waals surface area contributed by atoms with Gasteiger partial charge in [0.05, 0.1) is 0 Å². The highest BCUT2D eigenvalue weighted by Gasteiger charge is 2.29. The zero-order valence-electron chi connectivity index (χ0n) is 37.8. The van der Waals surface area contributed by atoms with Crippen molar-refractivity contribution in [2.75, 3.05) is 0 Å². The average molecular weight is 731 g/mol. The van der Waals surface area contributed by atoms with Crippen LogP contribution in [0.4, 0.5) is 0 Å². The van der Waals surface area contributed by atoms with Crippen LogP contribution in [0, 0.1) is 20.8 Å². The van der Waals surface area contributed by atoms with Gasteiger partial charge in [0.25, 0.3) is 0 Å². The molecule has 0 unspecified atom stereocenters. The van der Waals surface area contributed by atoms with Crippen LogP contribution in [0.25, 0.3) is 0 Å². The molecule has 0 spiro atoms. The summed E-state index contributed by atoms with van der Waals surface area (Å²) in [6, 6.07) is 16.3. The fourth-order valence-electron chi connectivity index (χ4n) is 8.10. The van der Waals surface area contributed by atoms with E-state index in [2.05, 4.69) is 174 Å². The fraction of sp³-hybridized carbons (Fsp3) is 0.538. The molecule has 0 aliphatic rings. The first-order valence-electron chi connectivity index (χ1n) is 20.4. The van der Waals surface area contributed by atoms with Crippen molar-refractivity contribution in [2.45, 2.75) is 184 Å². The van der Waals surface area contributed by atoms with Crippen molar-refractivity contribution in [2.24, 2.45) is 0 Å². The molecule has 0 saturated heterocycles. The van der Waals surface area contributed by atoms with Crippen LogP contribution in [0.15, 0.2) is 42.5 Å². The van der Waals surface area contributed by atoms with Crippen LogP contribution in [0.3, 0.4) is 0 Å². The lowest BCUT2D eigenvalue weighted by Gasteiger charge is -2.29. The van der Waals surface area contributed by atoms with Crippen LogP contribution >= 0.6 is 0 Å². The number of aryl methyl sites for hydroxylation is 1. The van der Waals surface area contributed by atoms with E-state index in [4.69, 9.17) is 0 Å². The summed E-state index contributed by atoms with van der Waals surface area (Å²) in [5.74, 6) is 0.872. The summed E-state index contributed by atoms with van der Waals surface area (Å²) in [5.41, 5.74) is 18.4. The predicted molar refractivity (Wildman–Crippen MR) is 235 cm³/mol. The average Bonchev–Trinajstić information content (AvgIpc) is 3.02. The smallest absolute Gasteiger partial charge is 0.123 e. The van der Waals surface area contributed by atoms with Gasteiger partial charge in [-0.3, -0.25) is 0 Å². The zero-order chi connectivity index (χ0) is 41.1. The second-order valence-corrected chi connectivity index (χ2v) is 21.6. The van der Waals surface area contributed by atoms with Crippen LogP contribution < -0.4 is 0 Å². The molecule has 0 bridgehead atoms. The van der Waals surface area contributed by atoms with E-state index in [0.29, 0.717) is 11.5 Å². The monoisotopic (exact) mass is 731 g/mol. The molecule has 0 radical (unpaired) electrons. The molecule has 294 valence electrons. The van der Waals surface area contributed by atoms with Gasteiger partial charge in [0.2, 0.25) is 0 Å². The first-order chi connectivity index (χ1) is 24.4. The number of phenols is 2. The Hall–Kier alpha value is -3.52. The second kappa shape index (κ2) is 14.9. The van der Waals surface area contributed by atoms with Crippen LogP contribution in [0.2, 0.25) is 0 Å². The van der Waals surface area contributed by atoms with Crippen molar-refractivity contribution in [3.05, 3.63) is 126 Å². The van der Waals surface area contributed by atoms with Crippen molar-refractivity contribution in [3.63, 3.8) is 0 Å². The van der Waals surface area contributed by atoms with Gasteiger partial charge in [-0.1, -0.05) is 153 Å². The number of aromatic hydroxyl groups is 2. The second-order valence-electron chi connectivity index (χ2n) is 21.6. The molecule has 0 aliphatic carbocycles. The topological polar surface area (TPSA) is 40.5 Å². The van der Waals surface area contributed by atoms with Gasteiger partial charge in [0.1, 0.15) is 11.5 Å². The highest BCUT2D eigenvalue weighted by atomic mass is 16.3. The Labute approximate surface area is 330 Å². The van der Waals surface area contributed by atoms with Crippen LogP contribution in [-0.2, 0) is 52.8 Å². The predicted octanol–water partition coefficient (Wildman–Crippen LogP) is 13.8. The van der Waals surface area contributed by atoms with Gasteiger partial charge in [-0.2, -0.15) is 0 Å². The highest BCUT2D eigenvalue weighted by molar-refractivity contribution is 5.58. The van der Waals surface area contributed by atoms with E-state index in [-0.39, 0.29) is 27.1 Å². The normalized spacial score (nSPS) is 13.2. The maximum atomic E-state index is 11.6. The lowest BCUT2D eigenvalue weighted by molar-refractivity contribution is 0.422. The molecule has 2 N–H and O–H groups in total. The number of hydrogen-bond acceptors (Lipinski definition) is 2. The SMILES string of the molecule is CCc1cc(Cc2c(C)c(Cc3cc(C(C)(C)C)cc(C(C)(C)C)c3)c(C)c(Cc3cc(C(C)(C)C)c(O)c(C(C)(C)C)c3)c2C)cc(C(C)(C)C)c1O. The Morgan fingerprint density at radius 2 is 0.685 bits per heavy atom. The molecule has 2 heteroatoms. The minimum atomic E-state index is -0.197. The van der Waals surface area contributed by atoms with Crippen LogP contribution in [-0.4, -0.2) is 10.2 Å². The van der Waals surface area contributed by atoms with Gasteiger partial charge in [-0.25, -0.2) is 0 Å². The quantitative estimate of drug-likeness (QED) is 0.199. The standard InChI is InChI=1S/C52H74O2/c1-20-37-21-34(27-43(46(37)53)50(11,12)13)24-40-31(2)41(25-35-22-38(48(5,6)7)30-39(23-35)49(8,9)10)33(4)42(32(40)3)26-36-28-44(51(14,15)16)47(54)45(29-36)52(17,18)19/h21-23,27-30,53-54H,20,24-26H2,1-19H3. The summed E-state index contributed by atoms with van der Waals surface area (Å²) < 4.78 is 0.